The maximum absolute atomic E-state index is 13.3. The van der Waals surface area contributed by atoms with Gasteiger partial charge in [0.1, 0.15) is 5.82 Å². The molecule has 1 heterocycles. The molecule has 0 saturated heterocycles. The van der Waals surface area contributed by atoms with Crippen LogP contribution in [0.15, 0.2) is 59.2 Å². The van der Waals surface area contributed by atoms with Crippen LogP contribution in [0.5, 0.6) is 0 Å². The lowest BCUT2D eigenvalue weighted by atomic mass is 10.1. The molecule has 5 heteroatoms. The van der Waals surface area contributed by atoms with Crippen LogP contribution in [-0.2, 0) is 4.79 Å². The Kier molecular flexibility index (Phi) is 4.06. The number of carbonyl (C=O) groups excluding carboxylic acids is 1. The van der Waals surface area contributed by atoms with Gasteiger partial charge in [-0.2, -0.15) is 0 Å². The standard InChI is InChI=1S/C17H12BrFN2O/c18-12-2-1-3-14(8-12)21-17(22)7-4-11-10-20-16-6-5-13(19)9-15(11)16/h1-10,20H,(H,21,22)/b7-4+. The average molecular weight is 359 g/mol. The highest BCUT2D eigenvalue weighted by molar-refractivity contribution is 9.10. The largest absolute Gasteiger partial charge is 0.361 e. The van der Waals surface area contributed by atoms with Crippen molar-refractivity contribution >= 4 is 44.5 Å². The molecule has 3 rings (SSSR count). The van der Waals surface area contributed by atoms with Gasteiger partial charge in [-0.25, -0.2) is 4.39 Å². The van der Waals surface area contributed by atoms with Crippen molar-refractivity contribution in [3.8, 4) is 0 Å². The minimum Gasteiger partial charge on any atom is -0.361 e. The summed E-state index contributed by atoms with van der Waals surface area (Å²) in [5, 5.41) is 3.51. The molecule has 0 unspecified atom stereocenters. The Balaban J connectivity index is 1.77. The summed E-state index contributed by atoms with van der Waals surface area (Å²) in [6, 6.07) is 11.8. The number of halogens is 2. The molecule has 110 valence electrons. The predicted molar refractivity (Wildman–Crippen MR) is 90.1 cm³/mol. The van der Waals surface area contributed by atoms with Crippen molar-refractivity contribution in [1.29, 1.82) is 0 Å². The van der Waals surface area contributed by atoms with Gasteiger partial charge in [-0.3, -0.25) is 4.79 Å². The summed E-state index contributed by atoms with van der Waals surface area (Å²) in [6.45, 7) is 0. The van der Waals surface area contributed by atoms with E-state index >= 15 is 0 Å². The summed E-state index contributed by atoms with van der Waals surface area (Å²) in [4.78, 5) is 15.0. The average Bonchev–Trinajstić information content (AvgIpc) is 2.87. The predicted octanol–water partition coefficient (Wildman–Crippen LogP) is 4.72. The summed E-state index contributed by atoms with van der Waals surface area (Å²) < 4.78 is 14.2. The van der Waals surface area contributed by atoms with Gasteiger partial charge in [0.15, 0.2) is 0 Å². The fraction of sp³-hybridized carbons (Fsp3) is 0. The molecule has 22 heavy (non-hydrogen) atoms. The van der Waals surface area contributed by atoms with Crippen LogP contribution in [0, 0.1) is 5.82 Å². The molecule has 0 aliphatic heterocycles. The van der Waals surface area contributed by atoms with Crippen LogP contribution in [0.2, 0.25) is 0 Å². The number of hydrogen-bond donors (Lipinski definition) is 2. The Hall–Kier alpha value is -2.40. The summed E-state index contributed by atoms with van der Waals surface area (Å²) in [5.74, 6) is -0.552. The summed E-state index contributed by atoms with van der Waals surface area (Å²) in [5.41, 5.74) is 2.29. The molecule has 0 saturated carbocycles. The van der Waals surface area contributed by atoms with E-state index in [4.69, 9.17) is 0 Å². The minimum absolute atomic E-state index is 0.246. The molecule has 3 aromatic rings. The molecule has 1 amide bonds. The first-order chi connectivity index (χ1) is 10.6. The van der Waals surface area contributed by atoms with Crippen molar-refractivity contribution in [2.45, 2.75) is 0 Å². The van der Waals surface area contributed by atoms with E-state index in [1.54, 1.807) is 24.4 Å². The van der Waals surface area contributed by atoms with Crippen molar-refractivity contribution < 1.29 is 9.18 Å². The van der Waals surface area contributed by atoms with Crippen molar-refractivity contribution in [3.05, 3.63) is 70.6 Å². The number of nitrogens with one attached hydrogen (secondary N) is 2. The van der Waals surface area contributed by atoms with E-state index in [0.29, 0.717) is 5.69 Å². The normalized spacial score (nSPS) is 11.2. The number of amides is 1. The van der Waals surface area contributed by atoms with Crippen molar-refractivity contribution in [1.82, 2.24) is 4.98 Å². The highest BCUT2D eigenvalue weighted by Gasteiger charge is 2.03. The van der Waals surface area contributed by atoms with Crippen LogP contribution in [0.1, 0.15) is 5.56 Å². The quantitative estimate of drug-likeness (QED) is 0.653. The first-order valence-corrected chi connectivity index (χ1v) is 7.42. The van der Waals surface area contributed by atoms with Gasteiger partial charge in [-0.1, -0.05) is 22.0 Å². The summed E-state index contributed by atoms with van der Waals surface area (Å²) >= 11 is 3.35. The Morgan fingerprint density at radius 3 is 2.91 bits per heavy atom. The molecule has 0 fully saturated rings. The van der Waals surface area contributed by atoms with E-state index in [0.717, 1.165) is 20.9 Å². The Labute approximate surface area is 135 Å². The third-order valence-electron chi connectivity index (χ3n) is 3.18. The third kappa shape index (κ3) is 3.26. The maximum atomic E-state index is 13.3. The second-order valence-corrected chi connectivity index (χ2v) is 5.68. The van der Waals surface area contributed by atoms with Crippen LogP contribution < -0.4 is 5.32 Å². The number of carbonyl (C=O) groups is 1. The Morgan fingerprint density at radius 1 is 1.23 bits per heavy atom. The monoisotopic (exact) mass is 358 g/mol. The van der Waals surface area contributed by atoms with Gasteiger partial charge in [0.2, 0.25) is 5.91 Å². The molecular weight excluding hydrogens is 347 g/mol. The zero-order valence-corrected chi connectivity index (χ0v) is 13.0. The van der Waals surface area contributed by atoms with E-state index in [2.05, 4.69) is 26.2 Å². The van der Waals surface area contributed by atoms with E-state index < -0.39 is 0 Å². The van der Waals surface area contributed by atoms with Crippen molar-refractivity contribution in [2.24, 2.45) is 0 Å². The van der Waals surface area contributed by atoms with Gasteiger partial charge in [0.05, 0.1) is 0 Å². The molecule has 2 aromatic carbocycles. The Bertz CT molecular complexity index is 870. The number of benzene rings is 2. The fourth-order valence-electron chi connectivity index (χ4n) is 2.17. The number of hydrogen-bond acceptors (Lipinski definition) is 1. The Morgan fingerprint density at radius 2 is 2.09 bits per heavy atom. The summed E-state index contributed by atoms with van der Waals surface area (Å²) in [6.07, 6.45) is 4.83. The number of rotatable bonds is 3. The van der Waals surface area contributed by atoms with Crippen LogP contribution in [-0.4, -0.2) is 10.9 Å². The van der Waals surface area contributed by atoms with Crippen LogP contribution in [0.25, 0.3) is 17.0 Å². The number of aromatic amines is 1. The number of fused-ring (bicyclic) bond motifs is 1. The van der Waals surface area contributed by atoms with E-state index in [9.17, 15) is 9.18 Å². The lowest BCUT2D eigenvalue weighted by Gasteiger charge is -2.01. The molecule has 1 aromatic heterocycles. The molecule has 0 spiro atoms. The van der Waals surface area contributed by atoms with E-state index in [1.807, 2.05) is 18.2 Å². The molecule has 0 aliphatic rings. The van der Waals surface area contributed by atoms with E-state index in [1.165, 1.54) is 18.2 Å². The molecule has 0 radical (unpaired) electrons. The second-order valence-electron chi connectivity index (χ2n) is 4.77. The first kappa shape index (κ1) is 14.5. The molecule has 0 atom stereocenters. The zero-order chi connectivity index (χ0) is 15.5. The molecule has 3 nitrogen and oxygen atoms in total. The van der Waals surface area contributed by atoms with Gasteiger partial charge in [0.25, 0.3) is 0 Å². The highest BCUT2D eigenvalue weighted by atomic mass is 79.9. The number of anilines is 1. The van der Waals surface area contributed by atoms with Crippen molar-refractivity contribution in [3.63, 3.8) is 0 Å². The van der Waals surface area contributed by atoms with Crippen LogP contribution >= 0.6 is 15.9 Å². The molecular formula is C17H12BrFN2O. The van der Waals surface area contributed by atoms with Crippen molar-refractivity contribution in [2.75, 3.05) is 5.32 Å². The number of H-pyrrole nitrogens is 1. The molecule has 2 N–H and O–H groups in total. The highest BCUT2D eigenvalue weighted by Crippen LogP contribution is 2.21. The van der Waals surface area contributed by atoms with Crippen LogP contribution in [0.3, 0.4) is 0 Å². The lowest BCUT2D eigenvalue weighted by molar-refractivity contribution is -0.111. The van der Waals surface area contributed by atoms with Gasteiger partial charge in [0, 0.05) is 38.9 Å². The SMILES string of the molecule is O=C(/C=C/c1c[nH]c2ccc(F)cc12)Nc1cccc(Br)c1. The van der Waals surface area contributed by atoms with Gasteiger partial charge >= 0.3 is 0 Å². The maximum Gasteiger partial charge on any atom is 0.248 e. The smallest absolute Gasteiger partial charge is 0.248 e. The second kappa shape index (κ2) is 6.15. The van der Waals surface area contributed by atoms with Gasteiger partial charge in [-0.15, -0.1) is 0 Å². The van der Waals surface area contributed by atoms with Crippen LogP contribution in [0.4, 0.5) is 10.1 Å². The summed E-state index contributed by atoms with van der Waals surface area (Å²) in [7, 11) is 0. The van der Waals surface area contributed by atoms with E-state index in [-0.39, 0.29) is 11.7 Å². The zero-order valence-electron chi connectivity index (χ0n) is 11.4. The minimum atomic E-state index is -0.305. The fourth-order valence-corrected chi connectivity index (χ4v) is 2.57. The topological polar surface area (TPSA) is 44.9 Å². The lowest BCUT2D eigenvalue weighted by Crippen LogP contribution is -2.07. The third-order valence-corrected chi connectivity index (χ3v) is 3.68. The number of aromatic nitrogens is 1. The molecule has 0 bridgehead atoms. The first-order valence-electron chi connectivity index (χ1n) is 6.63. The van der Waals surface area contributed by atoms with Gasteiger partial charge < -0.3 is 10.3 Å². The molecule has 0 aliphatic carbocycles. The van der Waals surface area contributed by atoms with Gasteiger partial charge in [-0.05, 0) is 42.5 Å².